The topological polar surface area (TPSA) is 37.4 Å². The third kappa shape index (κ3) is 3.20. The molecule has 16 heavy (non-hydrogen) atoms. The van der Waals surface area contributed by atoms with Crippen LogP contribution >= 0.6 is 0 Å². The van der Waals surface area contributed by atoms with Crippen LogP contribution in [-0.2, 0) is 9.84 Å². The van der Waals surface area contributed by atoms with Crippen LogP contribution in [0.5, 0.6) is 0 Å². The van der Waals surface area contributed by atoms with Gasteiger partial charge in [0.1, 0.15) is 9.84 Å². The molecule has 2 atom stereocenters. The quantitative estimate of drug-likeness (QED) is 0.739. The first kappa shape index (κ1) is 12.4. The summed E-state index contributed by atoms with van der Waals surface area (Å²) in [6.45, 7) is 3.06. The van der Waals surface area contributed by atoms with Crippen LogP contribution < -0.4 is 0 Å². The molecule has 2 aliphatic carbocycles. The Morgan fingerprint density at radius 3 is 2.31 bits per heavy atom. The van der Waals surface area contributed by atoms with Crippen molar-refractivity contribution < 1.29 is 8.42 Å². The predicted octanol–water partition coefficient (Wildman–Crippen LogP) is 1.68. The summed E-state index contributed by atoms with van der Waals surface area (Å²) < 4.78 is 22.5. The van der Waals surface area contributed by atoms with Gasteiger partial charge in [-0.25, -0.2) is 8.42 Å². The highest BCUT2D eigenvalue weighted by atomic mass is 32.2. The van der Waals surface area contributed by atoms with Gasteiger partial charge in [-0.05, 0) is 31.6 Å². The monoisotopic (exact) mass is 245 g/mol. The van der Waals surface area contributed by atoms with Crippen molar-refractivity contribution in [2.24, 2.45) is 5.92 Å². The highest BCUT2D eigenvalue weighted by molar-refractivity contribution is 7.90. The van der Waals surface area contributed by atoms with E-state index in [9.17, 15) is 8.42 Å². The number of hydrogen-bond donors (Lipinski definition) is 0. The maximum Gasteiger partial charge on any atom is 0.148 e. The van der Waals surface area contributed by atoms with Gasteiger partial charge in [-0.1, -0.05) is 13.3 Å². The lowest BCUT2D eigenvalue weighted by Crippen LogP contribution is -2.41. The first-order valence-corrected chi connectivity index (χ1v) is 8.47. The fourth-order valence-corrected chi connectivity index (χ4v) is 3.46. The van der Waals surface area contributed by atoms with Crippen molar-refractivity contribution >= 4 is 9.84 Å². The maximum absolute atomic E-state index is 11.2. The van der Waals surface area contributed by atoms with Crippen LogP contribution in [0.15, 0.2) is 0 Å². The van der Waals surface area contributed by atoms with Crippen molar-refractivity contribution in [2.45, 2.75) is 51.1 Å². The molecule has 2 saturated carbocycles. The summed E-state index contributed by atoms with van der Waals surface area (Å²) in [5.41, 5.74) is 0. The number of hydrogen-bond acceptors (Lipinski definition) is 3. The van der Waals surface area contributed by atoms with Crippen LogP contribution in [0.25, 0.3) is 0 Å². The van der Waals surface area contributed by atoms with Gasteiger partial charge in [0, 0.05) is 24.9 Å². The van der Waals surface area contributed by atoms with E-state index in [1.807, 2.05) is 0 Å². The minimum Gasteiger partial charge on any atom is -0.296 e. The molecule has 0 spiro atoms. The van der Waals surface area contributed by atoms with Crippen molar-refractivity contribution in [3.05, 3.63) is 0 Å². The van der Waals surface area contributed by atoms with Gasteiger partial charge < -0.3 is 0 Å². The average Bonchev–Trinajstić information content (AvgIpc) is 2.90. The molecule has 0 heterocycles. The SMILES string of the molecule is CC1CCCC1N(CCS(C)(=O)=O)C1CC1. The molecule has 2 fully saturated rings. The molecule has 2 aliphatic rings. The van der Waals surface area contributed by atoms with E-state index in [0.717, 1.165) is 12.5 Å². The molecule has 2 unspecified atom stereocenters. The summed E-state index contributed by atoms with van der Waals surface area (Å²) in [7, 11) is -2.81. The van der Waals surface area contributed by atoms with E-state index in [2.05, 4.69) is 11.8 Å². The molecular weight excluding hydrogens is 222 g/mol. The van der Waals surface area contributed by atoms with E-state index in [1.54, 1.807) is 0 Å². The van der Waals surface area contributed by atoms with Gasteiger partial charge in [0.25, 0.3) is 0 Å². The molecule has 0 aliphatic heterocycles. The van der Waals surface area contributed by atoms with Gasteiger partial charge in [-0.3, -0.25) is 4.90 Å². The molecular formula is C12H23NO2S. The zero-order valence-electron chi connectivity index (χ0n) is 10.4. The van der Waals surface area contributed by atoms with Crippen molar-refractivity contribution in [3.63, 3.8) is 0 Å². The molecule has 0 radical (unpaired) electrons. The Bertz CT molecular complexity index is 335. The minimum absolute atomic E-state index is 0.326. The Labute approximate surface area is 99.1 Å². The second-order valence-corrected chi connectivity index (χ2v) is 7.83. The van der Waals surface area contributed by atoms with Crippen LogP contribution in [0.2, 0.25) is 0 Å². The van der Waals surface area contributed by atoms with E-state index in [1.165, 1.54) is 38.4 Å². The third-order valence-corrected chi connectivity index (χ3v) is 4.90. The van der Waals surface area contributed by atoms with Crippen LogP contribution in [0.4, 0.5) is 0 Å². The summed E-state index contributed by atoms with van der Waals surface area (Å²) in [5, 5.41) is 0. The molecule has 0 amide bonds. The first-order chi connectivity index (χ1) is 7.47. The van der Waals surface area contributed by atoms with E-state index in [0.29, 0.717) is 17.8 Å². The lowest BCUT2D eigenvalue weighted by atomic mass is 10.0. The standard InChI is InChI=1S/C12H23NO2S/c1-10-4-3-5-12(10)13(11-6-7-11)8-9-16(2,14)15/h10-12H,3-9H2,1-2H3. The third-order valence-electron chi connectivity index (χ3n) is 3.98. The number of rotatable bonds is 5. The first-order valence-electron chi connectivity index (χ1n) is 6.41. The van der Waals surface area contributed by atoms with E-state index < -0.39 is 9.84 Å². The fourth-order valence-electron chi connectivity index (χ4n) is 2.92. The van der Waals surface area contributed by atoms with Crippen LogP contribution in [0, 0.1) is 5.92 Å². The zero-order chi connectivity index (χ0) is 11.8. The lowest BCUT2D eigenvalue weighted by Gasteiger charge is -2.31. The summed E-state index contributed by atoms with van der Waals surface area (Å²) in [6, 6.07) is 1.33. The Morgan fingerprint density at radius 2 is 1.88 bits per heavy atom. The summed E-state index contributed by atoms with van der Waals surface area (Å²) in [6.07, 6.45) is 7.78. The molecule has 94 valence electrons. The maximum atomic E-state index is 11.2. The number of nitrogens with zero attached hydrogens (tertiary/aromatic N) is 1. The van der Waals surface area contributed by atoms with Crippen LogP contribution in [-0.4, -0.2) is 44.0 Å². The van der Waals surface area contributed by atoms with Crippen LogP contribution in [0.3, 0.4) is 0 Å². The summed E-state index contributed by atoms with van der Waals surface area (Å²) in [4.78, 5) is 2.48. The second-order valence-electron chi connectivity index (χ2n) is 5.57. The molecule has 0 bridgehead atoms. The Kier molecular flexibility index (Phi) is 3.59. The molecule has 0 aromatic carbocycles. The zero-order valence-corrected chi connectivity index (χ0v) is 11.2. The second kappa shape index (κ2) is 4.65. The van der Waals surface area contributed by atoms with Gasteiger partial charge in [0.05, 0.1) is 5.75 Å². The van der Waals surface area contributed by atoms with Gasteiger partial charge in [-0.15, -0.1) is 0 Å². The lowest BCUT2D eigenvalue weighted by molar-refractivity contribution is 0.166. The van der Waals surface area contributed by atoms with Gasteiger partial charge in [0.15, 0.2) is 0 Å². The molecule has 0 N–H and O–H groups in total. The number of sulfone groups is 1. The molecule has 0 aromatic rings. The van der Waals surface area contributed by atoms with Gasteiger partial charge >= 0.3 is 0 Å². The summed E-state index contributed by atoms with van der Waals surface area (Å²) >= 11 is 0. The molecule has 2 rings (SSSR count). The molecule has 4 heteroatoms. The Hall–Kier alpha value is -0.0900. The predicted molar refractivity (Wildman–Crippen MR) is 66.2 cm³/mol. The van der Waals surface area contributed by atoms with E-state index in [4.69, 9.17) is 0 Å². The van der Waals surface area contributed by atoms with Crippen molar-refractivity contribution in [3.8, 4) is 0 Å². The largest absolute Gasteiger partial charge is 0.296 e. The van der Waals surface area contributed by atoms with E-state index in [-0.39, 0.29) is 0 Å². The highest BCUT2D eigenvalue weighted by Gasteiger charge is 2.38. The van der Waals surface area contributed by atoms with Crippen molar-refractivity contribution in [2.75, 3.05) is 18.6 Å². The normalized spacial score (nSPS) is 31.2. The average molecular weight is 245 g/mol. The van der Waals surface area contributed by atoms with E-state index >= 15 is 0 Å². The fraction of sp³-hybridized carbons (Fsp3) is 1.00. The molecule has 0 saturated heterocycles. The van der Waals surface area contributed by atoms with Crippen LogP contribution in [0.1, 0.15) is 39.0 Å². The Morgan fingerprint density at radius 1 is 1.19 bits per heavy atom. The van der Waals surface area contributed by atoms with Crippen molar-refractivity contribution in [1.82, 2.24) is 4.90 Å². The highest BCUT2D eigenvalue weighted by Crippen LogP contribution is 2.36. The van der Waals surface area contributed by atoms with Crippen molar-refractivity contribution in [1.29, 1.82) is 0 Å². The van der Waals surface area contributed by atoms with Gasteiger partial charge in [0.2, 0.25) is 0 Å². The summed E-state index contributed by atoms with van der Waals surface area (Å²) in [5.74, 6) is 1.08. The molecule has 3 nitrogen and oxygen atoms in total. The van der Waals surface area contributed by atoms with Gasteiger partial charge in [-0.2, -0.15) is 0 Å². The molecule has 0 aromatic heterocycles. The Balaban J connectivity index is 1.94. The smallest absolute Gasteiger partial charge is 0.148 e. The minimum atomic E-state index is -2.81.